The smallest absolute Gasteiger partial charge is 0.223 e. The Morgan fingerprint density at radius 1 is 1.36 bits per heavy atom. The zero-order valence-corrected chi connectivity index (χ0v) is 12.9. The first-order chi connectivity index (χ1) is 10.8. The molecule has 1 aliphatic heterocycles. The lowest BCUT2D eigenvalue weighted by Crippen LogP contribution is -2.49. The molecule has 0 radical (unpaired) electrons. The summed E-state index contributed by atoms with van der Waals surface area (Å²) in [6.45, 7) is 2.35. The number of benzene rings is 1. The molecule has 1 aliphatic rings. The maximum absolute atomic E-state index is 12.6. The zero-order valence-electron chi connectivity index (χ0n) is 12.9. The van der Waals surface area contributed by atoms with Gasteiger partial charge < -0.3 is 14.8 Å². The van der Waals surface area contributed by atoms with Gasteiger partial charge in [0.15, 0.2) is 0 Å². The maximum atomic E-state index is 12.6. The van der Waals surface area contributed by atoms with E-state index >= 15 is 0 Å². The molecule has 0 spiro atoms. The van der Waals surface area contributed by atoms with Crippen molar-refractivity contribution in [1.82, 2.24) is 19.8 Å². The number of hydrogen-bond donors (Lipinski definition) is 1. The molecule has 0 bridgehead atoms. The van der Waals surface area contributed by atoms with E-state index in [1.165, 1.54) is 5.56 Å². The lowest BCUT2D eigenvalue weighted by Gasteiger charge is -2.35. The Balaban J connectivity index is 1.68. The first-order valence-electron chi connectivity index (χ1n) is 7.77. The SMILES string of the molecule is Cn1ccnc1C1CNCCN1C(=O)CCc1ccccc1. The van der Waals surface area contributed by atoms with Crippen LogP contribution in [-0.2, 0) is 18.3 Å². The van der Waals surface area contributed by atoms with Gasteiger partial charge in [0.25, 0.3) is 0 Å². The van der Waals surface area contributed by atoms with E-state index in [9.17, 15) is 4.79 Å². The largest absolute Gasteiger partial charge is 0.336 e. The van der Waals surface area contributed by atoms with Crippen LogP contribution in [0, 0.1) is 0 Å². The highest BCUT2D eigenvalue weighted by molar-refractivity contribution is 5.77. The summed E-state index contributed by atoms with van der Waals surface area (Å²) in [6, 6.07) is 10.2. The van der Waals surface area contributed by atoms with Crippen LogP contribution < -0.4 is 5.32 Å². The summed E-state index contributed by atoms with van der Waals surface area (Å²) in [5.41, 5.74) is 1.21. The summed E-state index contributed by atoms with van der Waals surface area (Å²) in [6.07, 6.45) is 5.05. The predicted molar refractivity (Wildman–Crippen MR) is 85.3 cm³/mol. The Morgan fingerprint density at radius 3 is 2.91 bits per heavy atom. The molecular weight excluding hydrogens is 276 g/mol. The molecule has 1 amide bonds. The average molecular weight is 298 g/mol. The minimum atomic E-state index is 0.0250. The van der Waals surface area contributed by atoms with Crippen molar-refractivity contribution in [3.05, 3.63) is 54.1 Å². The number of aromatic nitrogens is 2. The summed E-state index contributed by atoms with van der Waals surface area (Å²) in [5, 5.41) is 3.36. The molecule has 3 rings (SSSR count). The van der Waals surface area contributed by atoms with Gasteiger partial charge >= 0.3 is 0 Å². The lowest BCUT2D eigenvalue weighted by molar-refractivity contribution is -0.134. The van der Waals surface area contributed by atoms with Crippen molar-refractivity contribution < 1.29 is 4.79 Å². The molecule has 1 atom stereocenters. The van der Waals surface area contributed by atoms with Crippen LogP contribution in [-0.4, -0.2) is 40.0 Å². The van der Waals surface area contributed by atoms with Gasteiger partial charge in [-0.25, -0.2) is 4.98 Å². The summed E-state index contributed by atoms with van der Waals surface area (Å²) in [5.74, 6) is 1.15. The molecule has 116 valence electrons. The number of carbonyl (C=O) groups is 1. The molecule has 1 aromatic heterocycles. The van der Waals surface area contributed by atoms with Gasteiger partial charge in [-0.15, -0.1) is 0 Å². The number of aryl methyl sites for hydroxylation is 2. The van der Waals surface area contributed by atoms with Crippen LogP contribution in [0.4, 0.5) is 0 Å². The molecule has 0 aliphatic carbocycles. The first kappa shape index (κ1) is 14.8. The third-order valence-corrected chi connectivity index (χ3v) is 4.19. The number of amides is 1. The van der Waals surface area contributed by atoms with Gasteiger partial charge in [0, 0.05) is 45.5 Å². The summed E-state index contributed by atoms with van der Waals surface area (Å²) in [7, 11) is 1.98. The van der Waals surface area contributed by atoms with Crippen LogP contribution in [0.15, 0.2) is 42.7 Å². The fourth-order valence-electron chi connectivity index (χ4n) is 2.97. The lowest BCUT2D eigenvalue weighted by atomic mass is 10.1. The molecule has 1 fully saturated rings. The standard InChI is InChI=1S/C17H22N4O/c1-20-11-10-19-17(20)15-13-18-9-12-21(15)16(22)8-7-14-5-3-2-4-6-14/h2-6,10-11,15,18H,7-9,12-13H2,1H3. The van der Waals surface area contributed by atoms with Gasteiger partial charge in [-0.2, -0.15) is 0 Å². The van der Waals surface area contributed by atoms with E-state index in [-0.39, 0.29) is 11.9 Å². The number of piperazine rings is 1. The Kier molecular flexibility index (Phi) is 4.53. The van der Waals surface area contributed by atoms with Crippen molar-refractivity contribution in [2.75, 3.05) is 19.6 Å². The van der Waals surface area contributed by atoms with Gasteiger partial charge in [-0.3, -0.25) is 4.79 Å². The second kappa shape index (κ2) is 6.75. The second-order valence-corrected chi connectivity index (χ2v) is 5.69. The molecule has 1 unspecified atom stereocenters. The molecule has 1 saturated heterocycles. The Bertz CT molecular complexity index is 623. The molecule has 1 aromatic carbocycles. The topological polar surface area (TPSA) is 50.2 Å². The number of rotatable bonds is 4. The molecule has 0 saturated carbocycles. The van der Waals surface area contributed by atoms with E-state index in [2.05, 4.69) is 22.4 Å². The van der Waals surface area contributed by atoms with Crippen LogP contribution in [0.3, 0.4) is 0 Å². The Morgan fingerprint density at radius 2 is 2.18 bits per heavy atom. The van der Waals surface area contributed by atoms with Crippen molar-refractivity contribution in [1.29, 1.82) is 0 Å². The van der Waals surface area contributed by atoms with Gasteiger partial charge in [0.05, 0.1) is 0 Å². The van der Waals surface area contributed by atoms with Gasteiger partial charge in [-0.1, -0.05) is 30.3 Å². The monoisotopic (exact) mass is 298 g/mol. The molecule has 5 nitrogen and oxygen atoms in total. The summed E-state index contributed by atoms with van der Waals surface area (Å²) < 4.78 is 2.00. The molecule has 5 heteroatoms. The molecule has 2 aromatic rings. The number of nitrogens with one attached hydrogen (secondary N) is 1. The minimum absolute atomic E-state index is 0.0250. The number of nitrogens with zero attached hydrogens (tertiary/aromatic N) is 3. The van der Waals surface area contributed by atoms with Crippen molar-refractivity contribution >= 4 is 5.91 Å². The van der Waals surface area contributed by atoms with Crippen molar-refractivity contribution in [3.8, 4) is 0 Å². The normalized spacial score (nSPS) is 18.4. The van der Waals surface area contributed by atoms with Crippen LogP contribution in [0.25, 0.3) is 0 Å². The van der Waals surface area contributed by atoms with Crippen molar-refractivity contribution in [2.24, 2.45) is 7.05 Å². The minimum Gasteiger partial charge on any atom is -0.336 e. The molecule has 2 heterocycles. The third-order valence-electron chi connectivity index (χ3n) is 4.19. The third kappa shape index (κ3) is 3.20. The van der Waals surface area contributed by atoms with Crippen molar-refractivity contribution in [2.45, 2.75) is 18.9 Å². The van der Waals surface area contributed by atoms with Crippen LogP contribution in [0.2, 0.25) is 0 Å². The average Bonchev–Trinajstić information content (AvgIpc) is 2.99. The summed E-state index contributed by atoms with van der Waals surface area (Å²) >= 11 is 0. The zero-order chi connectivity index (χ0) is 15.4. The quantitative estimate of drug-likeness (QED) is 0.931. The highest BCUT2D eigenvalue weighted by Gasteiger charge is 2.29. The van der Waals surface area contributed by atoms with E-state index in [0.29, 0.717) is 6.42 Å². The highest BCUT2D eigenvalue weighted by Crippen LogP contribution is 2.21. The highest BCUT2D eigenvalue weighted by atomic mass is 16.2. The maximum Gasteiger partial charge on any atom is 0.223 e. The molecule has 22 heavy (non-hydrogen) atoms. The fraction of sp³-hybridized carbons (Fsp3) is 0.412. The van der Waals surface area contributed by atoms with E-state index < -0.39 is 0 Å². The van der Waals surface area contributed by atoms with E-state index in [4.69, 9.17) is 0 Å². The fourth-order valence-corrected chi connectivity index (χ4v) is 2.97. The van der Waals surface area contributed by atoms with Gasteiger partial charge in [0.1, 0.15) is 11.9 Å². The van der Waals surface area contributed by atoms with Gasteiger partial charge in [0.2, 0.25) is 5.91 Å². The van der Waals surface area contributed by atoms with Crippen LogP contribution >= 0.6 is 0 Å². The first-order valence-corrected chi connectivity index (χ1v) is 7.77. The number of imidazole rings is 1. The van der Waals surface area contributed by atoms with Gasteiger partial charge in [-0.05, 0) is 12.0 Å². The van der Waals surface area contributed by atoms with E-state index in [1.54, 1.807) is 6.20 Å². The van der Waals surface area contributed by atoms with E-state index in [0.717, 1.165) is 31.9 Å². The molecule has 1 N–H and O–H groups in total. The van der Waals surface area contributed by atoms with Crippen LogP contribution in [0.1, 0.15) is 23.9 Å². The Hall–Kier alpha value is -2.14. The van der Waals surface area contributed by atoms with Crippen molar-refractivity contribution in [3.63, 3.8) is 0 Å². The van der Waals surface area contributed by atoms with E-state index in [1.807, 2.05) is 40.9 Å². The summed E-state index contributed by atoms with van der Waals surface area (Å²) in [4.78, 5) is 19.0. The molecular formula is C17H22N4O. The predicted octanol–water partition coefficient (Wildman–Crippen LogP) is 1.53. The Labute approximate surface area is 131 Å². The number of hydrogen-bond acceptors (Lipinski definition) is 3. The second-order valence-electron chi connectivity index (χ2n) is 5.69. The number of carbonyl (C=O) groups excluding carboxylic acids is 1. The van der Waals surface area contributed by atoms with Crippen LogP contribution in [0.5, 0.6) is 0 Å².